The van der Waals surface area contributed by atoms with Crippen LogP contribution in [-0.4, -0.2) is 49.4 Å². The average Bonchev–Trinajstić information content (AvgIpc) is 2.67. The molecular weight excluding hydrogens is 432 g/mol. The summed E-state index contributed by atoms with van der Waals surface area (Å²) in [6.07, 6.45) is 0. The molecule has 1 aliphatic heterocycles. The highest BCUT2D eigenvalue weighted by Gasteiger charge is 2.19. The molecule has 1 fully saturated rings. The second-order valence-electron chi connectivity index (χ2n) is 6.23. The van der Waals surface area contributed by atoms with E-state index in [0.29, 0.717) is 10.0 Å². The van der Waals surface area contributed by atoms with Crippen molar-refractivity contribution in [2.75, 3.05) is 37.6 Å². The highest BCUT2D eigenvalue weighted by atomic mass is 79.9. The van der Waals surface area contributed by atoms with Gasteiger partial charge in [-0.1, -0.05) is 29.8 Å². The lowest BCUT2D eigenvalue weighted by molar-refractivity contribution is -0.123. The summed E-state index contributed by atoms with van der Waals surface area (Å²) in [4.78, 5) is 28.5. The lowest BCUT2D eigenvalue weighted by Crippen LogP contribution is -2.52. The van der Waals surface area contributed by atoms with Gasteiger partial charge in [-0.15, -0.1) is 0 Å². The van der Waals surface area contributed by atoms with Crippen molar-refractivity contribution in [3.63, 3.8) is 0 Å². The van der Waals surface area contributed by atoms with Crippen LogP contribution in [0.1, 0.15) is 10.4 Å². The molecule has 0 aromatic heterocycles. The topological polar surface area (TPSA) is 64.7 Å². The third-order valence-electron chi connectivity index (χ3n) is 4.35. The van der Waals surface area contributed by atoms with Gasteiger partial charge in [-0.25, -0.2) is 0 Å². The fraction of sp³-hybridized carbons (Fsp3) is 0.263. The van der Waals surface area contributed by atoms with Gasteiger partial charge in [0.1, 0.15) is 0 Å². The van der Waals surface area contributed by atoms with Gasteiger partial charge in [-0.2, -0.15) is 0 Å². The molecule has 0 unspecified atom stereocenters. The normalized spacial score (nSPS) is 14.7. The number of amides is 2. The summed E-state index contributed by atoms with van der Waals surface area (Å²) >= 11 is 9.37. The molecule has 2 N–H and O–H groups in total. The van der Waals surface area contributed by atoms with Crippen molar-refractivity contribution in [1.82, 2.24) is 15.8 Å². The minimum Gasteiger partial charge on any atom is -0.369 e. The van der Waals surface area contributed by atoms with Crippen LogP contribution < -0.4 is 15.8 Å². The molecule has 1 heterocycles. The van der Waals surface area contributed by atoms with E-state index in [0.717, 1.165) is 36.9 Å². The number of benzene rings is 2. The smallest absolute Gasteiger partial charge is 0.270 e. The summed E-state index contributed by atoms with van der Waals surface area (Å²) < 4.78 is 0.675. The highest BCUT2D eigenvalue weighted by Crippen LogP contribution is 2.20. The molecule has 6 nitrogen and oxygen atoms in total. The maximum atomic E-state index is 12.1. The van der Waals surface area contributed by atoms with Crippen molar-refractivity contribution in [2.24, 2.45) is 0 Å². The molecule has 0 bridgehead atoms. The zero-order valence-corrected chi connectivity index (χ0v) is 17.0. The zero-order chi connectivity index (χ0) is 19.2. The summed E-state index contributed by atoms with van der Waals surface area (Å²) in [5.74, 6) is -0.604. The largest absolute Gasteiger partial charge is 0.369 e. The van der Waals surface area contributed by atoms with Gasteiger partial charge < -0.3 is 4.90 Å². The molecule has 1 aliphatic rings. The number of nitrogens with zero attached hydrogens (tertiary/aromatic N) is 2. The van der Waals surface area contributed by atoms with Crippen molar-refractivity contribution < 1.29 is 9.59 Å². The van der Waals surface area contributed by atoms with E-state index in [1.54, 1.807) is 18.2 Å². The fourth-order valence-electron chi connectivity index (χ4n) is 2.92. The molecule has 1 saturated heterocycles. The standard InChI is InChI=1S/C19H20BrClN4O2/c20-17-7-2-1-6-16(17)19(27)23-22-18(26)13-24-8-10-25(11-9-24)15-5-3-4-14(21)12-15/h1-7,12H,8-11,13H2,(H,22,26)(H,23,27). The number of rotatable bonds is 4. The van der Waals surface area contributed by atoms with E-state index in [4.69, 9.17) is 11.6 Å². The third kappa shape index (κ3) is 5.45. The number of carbonyl (C=O) groups is 2. The van der Waals surface area contributed by atoms with E-state index in [1.807, 2.05) is 30.3 Å². The molecule has 2 aromatic carbocycles. The summed E-state index contributed by atoms with van der Waals surface area (Å²) in [5.41, 5.74) is 6.48. The monoisotopic (exact) mass is 450 g/mol. The van der Waals surface area contributed by atoms with Crippen molar-refractivity contribution in [3.8, 4) is 0 Å². The second-order valence-corrected chi connectivity index (χ2v) is 7.52. The molecule has 142 valence electrons. The van der Waals surface area contributed by atoms with Crippen LogP contribution in [0.2, 0.25) is 5.02 Å². The Kier molecular flexibility index (Phi) is 6.71. The van der Waals surface area contributed by atoms with Crippen LogP contribution >= 0.6 is 27.5 Å². The Bertz CT molecular complexity index is 825. The SMILES string of the molecule is O=C(CN1CCN(c2cccc(Cl)c2)CC1)NNC(=O)c1ccccc1Br. The summed E-state index contributed by atoms with van der Waals surface area (Å²) in [6, 6.07) is 14.8. The minimum absolute atomic E-state index is 0.236. The second kappa shape index (κ2) is 9.21. The van der Waals surface area contributed by atoms with Crippen molar-refractivity contribution >= 4 is 45.0 Å². The van der Waals surface area contributed by atoms with Gasteiger partial charge in [0.25, 0.3) is 11.8 Å². The van der Waals surface area contributed by atoms with Gasteiger partial charge in [0.15, 0.2) is 0 Å². The Morgan fingerprint density at radius 3 is 2.44 bits per heavy atom. The molecule has 0 aliphatic carbocycles. The first-order valence-electron chi connectivity index (χ1n) is 8.59. The molecule has 2 amide bonds. The van der Waals surface area contributed by atoms with Crippen LogP contribution in [0.5, 0.6) is 0 Å². The molecule has 8 heteroatoms. The first-order valence-corrected chi connectivity index (χ1v) is 9.76. The van der Waals surface area contributed by atoms with Crippen molar-refractivity contribution in [1.29, 1.82) is 0 Å². The molecule has 0 saturated carbocycles. The zero-order valence-electron chi connectivity index (χ0n) is 14.6. The lowest BCUT2D eigenvalue weighted by atomic mass is 10.2. The van der Waals surface area contributed by atoms with E-state index in [1.165, 1.54) is 0 Å². The number of hydrogen-bond acceptors (Lipinski definition) is 4. The van der Waals surface area contributed by atoms with Crippen molar-refractivity contribution in [3.05, 3.63) is 63.6 Å². The molecule has 27 heavy (non-hydrogen) atoms. The molecule has 0 spiro atoms. The van der Waals surface area contributed by atoms with Gasteiger partial charge in [0.05, 0.1) is 12.1 Å². The van der Waals surface area contributed by atoms with E-state index >= 15 is 0 Å². The number of nitrogens with one attached hydrogen (secondary N) is 2. The fourth-order valence-corrected chi connectivity index (χ4v) is 3.57. The minimum atomic E-state index is -0.360. The van der Waals surface area contributed by atoms with E-state index in [9.17, 15) is 9.59 Å². The van der Waals surface area contributed by atoms with E-state index < -0.39 is 0 Å². The maximum absolute atomic E-state index is 12.1. The van der Waals surface area contributed by atoms with Crippen LogP contribution in [0.15, 0.2) is 53.0 Å². The van der Waals surface area contributed by atoms with E-state index in [2.05, 4.69) is 36.6 Å². The third-order valence-corrected chi connectivity index (χ3v) is 5.27. The Balaban J connectivity index is 1.43. The summed E-state index contributed by atoms with van der Waals surface area (Å²) in [6.45, 7) is 3.39. The first kappa shape index (κ1) is 19.7. The summed E-state index contributed by atoms with van der Waals surface area (Å²) in [5, 5.41) is 0.718. The number of halogens is 2. The summed E-state index contributed by atoms with van der Waals surface area (Å²) in [7, 11) is 0. The van der Waals surface area contributed by atoms with Gasteiger partial charge in [0.2, 0.25) is 0 Å². The Labute approximate surface area is 171 Å². The molecular formula is C19H20BrClN4O2. The van der Waals surface area contributed by atoms with Crippen molar-refractivity contribution in [2.45, 2.75) is 0 Å². The Morgan fingerprint density at radius 1 is 1.00 bits per heavy atom. The average molecular weight is 452 g/mol. The number of anilines is 1. The van der Waals surface area contributed by atoms with Gasteiger partial charge in [0, 0.05) is 41.4 Å². The van der Waals surface area contributed by atoms with Crippen LogP contribution in [0.3, 0.4) is 0 Å². The predicted molar refractivity (Wildman–Crippen MR) is 110 cm³/mol. The predicted octanol–water partition coefficient (Wildman–Crippen LogP) is 2.69. The first-order chi connectivity index (χ1) is 13.0. The molecule has 0 radical (unpaired) electrons. The molecule has 3 rings (SSSR count). The van der Waals surface area contributed by atoms with Gasteiger partial charge in [-0.05, 0) is 46.3 Å². The maximum Gasteiger partial charge on any atom is 0.270 e. The number of hydrazine groups is 1. The number of hydrogen-bond donors (Lipinski definition) is 2. The lowest BCUT2D eigenvalue weighted by Gasteiger charge is -2.35. The van der Waals surface area contributed by atoms with Crippen LogP contribution in [0, 0.1) is 0 Å². The molecule has 0 atom stereocenters. The van der Waals surface area contributed by atoms with Crippen LogP contribution in [0.25, 0.3) is 0 Å². The molecule has 2 aromatic rings. The number of piperazine rings is 1. The highest BCUT2D eigenvalue weighted by molar-refractivity contribution is 9.10. The van der Waals surface area contributed by atoms with Gasteiger partial charge >= 0.3 is 0 Å². The van der Waals surface area contributed by atoms with Gasteiger partial charge in [-0.3, -0.25) is 25.3 Å². The van der Waals surface area contributed by atoms with Crippen LogP contribution in [0.4, 0.5) is 5.69 Å². The van der Waals surface area contributed by atoms with E-state index in [-0.39, 0.29) is 18.4 Å². The quantitative estimate of drug-likeness (QED) is 0.702. The van der Waals surface area contributed by atoms with Crippen LogP contribution in [-0.2, 0) is 4.79 Å². The number of carbonyl (C=O) groups excluding carboxylic acids is 2. The Morgan fingerprint density at radius 2 is 1.74 bits per heavy atom. The Hall–Kier alpha value is -2.09.